The maximum absolute atomic E-state index is 13.1. The second-order valence-corrected chi connectivity index (χ2v) is 4.02. The van der Waals surface area contributed by atoms with Gasteiger partial charge < -0.3 is 10.6 Å². The number of hydrogen-bond donors (Lipinski definition) is 1. The molecule has 2 N–H and O–H groups in total. The van der Waals surface area contributed by atoms with Crippen LogP contribution in [0.15, 0.2) is 18.2 Å². The lowest BCUT2D eigenvalue weighted by Gasteiger charge is -2.15. The summed E-state index contributed by atoms with van der Waals surface area (Å²) < 4.78 is 38.8. The number of nitrogens with two attached hydrogens (primary N) is 1. The molecule has 0 bridgehead atoms. The van der Waals surface area contributed by atoms with Gasteiger partial charge in [-0.2, -0.15) is 0 Å². The van der Waals surface area contributed by atoms with Gasteiger partial charge in [0, 0.05) is 13.5 Å². The predicted molar refractivity (Wildman–Crippen MR) is 68.6 cm³/mol. The Morgan fingerprint density at radius 3 is 2.42 bits per heavy atom. The van der Waals surface area contributed by atoms with Crippen molar-refractivity contribution in [3.05, 3.63) is 35.4 Å². The quantitative estimate of drug-likeness (QED) is 0.856. The zero-order valence-corrected chi connectivity index (χ0v) is 10.9. The molecule has 1 aliphatic rings. The Kier molecular flexibility index (Phi) is 5.35. The molecule has 108 valence electrons. The minimum Gasteiger partial charge on any atom is -0.334 e. The van der Waals surface area contributed by atoms with Crippen molar-refractivity contribution in [2.75, 3.05) is 13.1 Å². The zero-order valence-electron chi connectivity index (χ0n) is 10.9. The molecule has 19 heavy (non-hydrogen) atoms. The average molecular weight is 276 g/mol. The van der Waals surface area contributed by atoms with Crippen molar-refractivity contribution in [3.63, 3.8) is 0 Å². The molecule has 0 aromatic heterocycles. The summed E-state index contributed by atoms with van der Waals surface area (Å²) in [6, 6.07) is 2.11. The molecule has 0 saturated carbocycles. The fourth-order valence-electron chi connectivity index (χ4n) is 1.77. The number of hydrogen-bond acceptors (Lipinski definition) is 2. The van der Waals surface area contributed by atoms with Crippen molar-refractivity contribution in [3.8, 4) is 0 Å². The monoisotopic (exact) mass is 276 g/mol. The third kappa shape index (κ3) is 3.47. The molecule has 1 aliphatic heterocycles. The van der Waals surface area contributed by atoms with Crippen molar-refractivity contribution in [2.24, 2.45) is 5.73 Å². The first-order chi connectivity index (χ1) is 8.99. The molecular formula is C13H19F3N2O. The molecule has 1 heterocycles. The van der Waals surface area contributed by atoms with Crippen LogP contribution < -0.4 is 5.73 Å². The number of rotatable bonds is 1. The van der Waals surface area contributed by atoms with Crippen LogP contribution in [0.3, 0.4) is 0 Å². The Hall–Kier alpha value is -1.56. The van der Waals surface area contributed by atoms with Gasteiger partial charge in [-0.3, -0.25) is 4.79 Å². The SMILES string of the molecule is CC.N[C@@H]1CN(C(=O)c2ccc(F)c(F)c2)CC1F.[HH]. The van der Waals surface area contributed by atoms with Gasteiger partial charge in [0.05, 0.1) is 12.6 Å². The van der Waals surface area contributed by atoms with E-state index in [2.05, 4.69) is 0 Å². The Bertz CT molecular complexity index is 449. The number of halogens is 3. The minimum absolute atomic E-state index is 0. The van der Waals surface area contributed by atoms with Crippen LogP contribution in [0.1, 0.15) is 25.6 Å². The normalized spacial score (nSPS) is 21.9. The molecule has 1 aromatic rings. The van der Waals surface area contributed by atoms with E-state index >= 15 is 0 Å². The standard InChI is InChI=1S/C11H11F3N2O.C2H6.H2/c12-7-2-1-6(3-8(7)13)11(17)16-4-9(14)10(15)5-16;1-2;/h1-3,9-10H,4-5,15H2;1-2H3;1H/t9?,10-;;/m1../s1. The van der Waals surface area contributed by atoms with Crippen molar-refractivity contribution in [1.82, 2.24) is 4.90 Å². The fourth-order valence-corrected chi connectivity index (χ4v) is 1.77. The summed E-state index contributed by atoms with van der Waals surface area (Å²) in [7, 11) is 0. The largest absolute Gasteiger partial charge is 0.334 e. The lowest BCUT2D eigenvalue weighted by molar-refractivity contribution is 0.0781. The summed E-state index contributed by atoms with van der Waals surface area (Å²) in [6.45, 7) is 3.97. The highest BCUT2D eigenvalue weighted by Gasteiger charge is 2.33. The Balaban J connectivity index is 0.00000115. The van der Waals surface area contributed by atoms with E-state index < -0.39 is 29.8 Å². The van der Waals surface area contributed by atoms with E-state index in [-0.39, 0.29) is 20.1 Å². The molecule has 2 rings (SSSR count). The molecule has 6 heteroatoms. The molecule has 1 fully saturated rings. The number of likely N-dealkylation sites (tertiary alicyclic amines) is 1. The molecule has 1 aromatic carbocycles. The average Bonchev–Trinajstić information content (AvgIpc) is 2.74. The van der Waals surface area contributed by atoms with Gasteiger partial charge in [-0.1, -0.05) is 13.8 Å². The Labute approximate surface area is 111 Å². The first kappa shape index (κ1) is 15.5. The van der Waals surface area contributed by atoms with E-state index in [1.54, 1.807) is 0 Å². The summed E-state index contributed by atoms with van der Waals surface area (Å²) in [6.07, 6.45) is -1.27. The summed E-state index contributed by atoms with van der Waals surface area (Å²) in [4.78, 5) is 13.0. The molecular weight excluding hydrogens is 257 g/mol. The van der Waals surface area contributed by atoms with E-state index in [0.29, 0.717) is 0 Å². The van der Waals surface area contributed by atoms with E-state index in [1.165, 1.54) is 4.90 Å². The van der Waals surface area contributed by atoms with Crippen molar-refractivity contribution < 1.29 is 19.4 Å². The lowest BCUT2D eigenvalue weighted by Crippen LogP contribution is -2.32. The molecule has 1 unspecified atom stereocenters. The van der Waals surface area contributed by atoms with Crippen molar-refractivity contribution in [2.45, 2.75) is 26.1 Å². The van der Waals surface area contributed by atoms with Gasteiger partial charge in [0.1, 0.15) is 6.17 Å². The third-order valence-electron chi connectivity index (χ3n) is 2.74. The van der Waals surface area contributed by atoms with Crippen molar-refractivity contribution >= 4 is 5.91 Å². The highest BCUT2D eigenvalue weighted by atomic mass is 19.2. The van der Waals surface area contributed by atoms with E-state index in [4.69, 9.17) is 5.73 Å². The smallest absolute Gasteiger partial charge is 0.254 e. The molecule has 3 nitrogen and oxygen atoms in total. The van der Waals surface area contributed by atoms with E-state index in [0.717, 1.165) is 18.2 Å². The Morgan fingerprint density at radius 2 is 1.95 bits per heavy atom. The van der Waals surface area contributed by atoms with Crippen LogP contribution >= 0.6 is 0 Å². The van der Waals surface area contributed by atoms with Crippen LogP contribution in [0.4, 0.5) is 13.2 Å². The number of benzene rings is 1. The molecule has 2 atom stereocenters. The second-order valence-electron chi connectivity index (χ2n) is 4.02. The van der Waals surface area contributed by atoms with Gasteiger partial charge in [0.2, 0.25) is 0 Å². The summed E-state index contributed by atoms with van der Waals surface area (Å²) in [5, 5.41) is 0. The number of nitrogens with zero attached hydrogens (tertiary/aromatic N) is 1. The summed E-state index contributed by atoms with van der Waals surface area (Å²) in [5.74, 6) is -2.67. The van der Waals surface area contributed by atoms with Crippen LogP contribution in [0.2, 0.25) is 0 Å². The number of carbonyl (C=O) groups is 1. The van der Waals surface area contributed by atoms with Gasteiger partial charge in [-0.15, -0.1) is 0 Å². The topological polar surface area (TPSA) is 46.3 Å². The van der Waals surface area contributed by atoms with Gasteiger partial charge >= 0.3 is 0 Å². The predicted octanol–water partition coefficient (Wildman–Crippen LogP) is 2.36. The van der Waals surface area contributed by atoms with Crippen LogP contribution in [0.5, 0.6) is 0 Å². The highest BCUT2D eigenvalue weighted by molar-refractivity contribution is 5.94. The first-order valence-electron chi connectivity index (χ1n) is 6.13. The van der Waals surface area contributed by atoms with E-state index in [9.17, 15) is 18.0 Å². The summed E-state index contributed by atoms with van der Waals surface area (Å²) >= 11 is 0. The van der Waals surface area contributed by atoms with Crippen LogP contribution in [-0.4, -0.2) is 36.1 Å². The summed E-state index contributed by atoms with van der Waals surface area (Å²) in [5.41, 5.74) is 5.43. The van der Waals surface area contributed by atoms with Crippen molar-refractivity contribution in [1.29, 1.82) is 0 Å². The number of carbonyl (C=O) groups excluding carboxylic acids is 1. The number of alkyl halides is 1. The molecule has 0 radical (unpaired) electrons. The highest BCUT2D eigenvalue weighted by Crippen LogP contribution is 2.16. The van der Waals surface area contributed by atoms with E-state index in [1.807, 2.05) is 13.8 Å². The van der Waals surface area contributed by atoms with Gasteiger partial charge in [-0.05, 0) is 18.2 Å². The van der Waals surface area contributed by atoms with Gasteiger partial charge in [0.15, 0.2) is 11.6 Å². The maximum Gasteiger partial charge on any atom is 0.254 e. The molecule has 1 amide bonds. The van der Waals surface area contributed by atoms with Gasteiger partial charge in [-0.25, -0.2) is 13.2 Å². The lowest BCUT2D eigenvalue weighted by atomic mass is 10.2. The second kappa shape index (κ2) is 6.56. The molecule has 0 spiro atoms. The zero-order chi connectivity index (χ0) is 14.6. The maximum atomic E-state index is 13.1. The number of amides is 1. The van der Waals surface area contributed by atoms with Gasteiger partial charge in [0.25, 0.3) is 5.91 Å². The van der Waals surface area contributed by atoms with Crippen LogP contribution in [0.25, 0.3) is 0 Å². The minimum atomic E-state index is -1.27. The fraction of sp³-hybridized carbons (Fsp3) is 0.462. The first-order valence-corrected chi connectivity index (χ1v) is 6.13. The van der Waals surface area contributed by atoms with Crippen LogP contribution in [-0.2, 0) is 0 Å². The van der Waals surface area contributed by atoms with Crippen LogP contribution in [0, 0.1) is 11.6 Å². The third-order valence-corrected chi connectivity index (χ3v) is 2.74. The molecule has 0 aliphatic carbocycles. The molecule has 1 saturated heterocycles. The Morgan fingerprint density at radius 1 is 1.32 bits per heavy atom.